The lowest BCUT2D eigenvalue weighted by molar-refractivity contribution is -0.144. The van der Waals surface area contributed by atoms with E-state index in [0.717, 1.165) is 63.4 Å². The zero-order chi connectivity index (χ0) is 49.4. The van der Waals surface area contributed by atoms with Gasteiger partial charge in [-0.25, -0.2) is 4.68 Å². The van der Waals surface area contributed by atoms with Crippen molar-refractivity contribution >= 4 is 35.3 Å². The van der Waals surface area contributed by atoms with E-state index in [1.807, 2.05) is 39.0 Å². The monoisotopic (exact) mass is 949 g/mol. The molecule has 7 rings (SSSR count). The normalized spacial score (nSPS) is 24.0. The zero-order valence-electron chi connectivity index (χ0n) is 41.8. The number of aryl methyl sites for hydroxylation is 2. The maximum absolute atomic E-state index is 14.7. The molecular weight excluding hydrogens is 873 g/mol. The predicted octanol–water partition coefficient (Wildman–Crippen LogP) is 4.74. The van der Waals surface area contributed by atoms with Crippen LogP contribution in [-0.2, 0) is 48.0 Å². The number of hydrogen-bond acceptors (Lipinski definition) is 10. The van der Waals surface area contributed by atoms with Gasteiger partial charge in [0.2, 0.25) is 29.5 Å². The molecule has 16 heteroatoms. The van der Waals surface area contributed by atoms with E-state index in [9.17, 15) is 28.8 Å². The number of nitrogens with zero attached hydrogens (tertiary/aromatic N) is 4. The average Bonchev–Trinajstić information content (AvgIpc) is 4.12. The van der Waals surface area contributed by atoms with Crippen molar-refractivity contribution in [3.05, 3.63) is 82.7 Å². The summed E-state index contributed by atoms with van der Waals surface area (Å²) in [5, 5.41) is 27.4. The van der Waals surface area contributed by atoms with E-state index in [2.05, 4.69) is 72.5 Å². The Labute approximate surface area is 408 Å². The molecule has 2 heterocycles. The van der Waals surface area contributed by atoms with Gasteiger partial charge in [0, 0.05) is 38.4 Å². The zero-order valence-corrected chi connectivity index (χ0v) is 41.8. The van der Waals surface area contributed by atoms with Gasteiger partial charge in [0.15, 0.2) is 5.78 Å². The fraction of sp³-hybridized carbons (Fsp3) is 0.623. The molecule has 374 valence electrons. The SMILES string of the molecule is CN[C@@H](C)C(=O)NC(Cc1cn([C@H]2C[C@@H](C(=O)N[C@@H]3CCCc4ccccc43)N(C(=O)[C@@H](NC(=O)[C@H](C)NC)C(C)(C)C)C2)nn1)C(=O)CCC1CCC[C@H]1CC(=O)N[C@@H]1CCCc2ccccc21. The summed E-state index contributed by atoms with van der Waals surface area (Å²) in [6.07, 6.45) is 11.9. The number of carbonyl (C=O) groups excluding carboxylic acids is 6. The van der Waals surface area contributed by atoms with Crippen molar-refractivity contribution in [2.24, 2.45) is 17.3 Å². The van der Waals surface area contributed by atoms with Crippen LogP contribution in [0.2, 0.25) is 0 Å². The van der Waals surface area contributed by atoms with Crippen LogP contribution in [0.25, 0.3) is 0 Å². The van der Waals surface area contributed by atoms with Crippen LogP contribution >= 0.6 is 0 Å². The highest BCUT2D eigenvalue weighted by Gasteiger charge is 2.46. The molecule has 2 fully saturated rings. The number of benzene rings is 2. The second-order valence-electron chi connectivity index (χ2n) is 21.2. The molecule has 1 saturated heterocycles. The number of likely N-dealkylation sites (N-methyl/N-ethyl adjacent to an activating group) is 2. The maximum Gasteiger partial charge on any atom is 0.246 e. The summed E-state index contributed by atoms with van der Waals surface area (Å²) in [6, 6.07) is 12.1. The van der Waals surface area contributed by atoms with Crippen LogP contribution in [0.5, 0.6) is 0 Å². The summed E-state index contributed by atoms with van der Waals surface area (Å²) in [6.45, 7) is 9.27. The molecule has 0 bridgehead atoms. The highest BCUT2D eigenvalue weighted by molar-refractivity contribution is 5.94. The maximum atomic E-state index is 14.7. The fourth-order valence-electron chi connectivity index (χ4n) is 11.0. The molecule has 0 spiro atoms. The number of nitrogens with one attached hydrogen (secondary N) is 6. The molecule has 1 saturated carbocycles. The molecule has 1 aromatic heterocycles. The van der Waals surface area contributed by atoms with Gasteiger partial charge >= 0.3 is 0 Å². The van der Waals surface area contributed by atoms with Gasteiger partial charge in [0.25, 0.3) is 0 Å². The van der Waals surface area contributed by atoms with E-state index < -0.39 is 41.7 Å². The van der Waals surface area contributed by atoms with Crippen LogP contribution in [-0.4, -0.2) is 106 Å². The molecular formula is C53H76N10O6. The van der Waals surface area contributed by atoms with E-state index in [1.165, 1.54) is 16.7 Å². The van der Waals surface area contributed by atoms with Crippen LogP contribution in [0.15, 0.2) is 54.7 Å². The Morgan fingerprint density at radius 3 is 1.97 bits per heavy atom. The first kappa shape index (κ1) is 51.4. The van der Waals surface area contributed by atoms with Crippen molar-refractivity contribution < 1.29 is 28.8 Å². The van der Waals surface area contributed by atoms with Gasteiger partial charge in [-0.2, -0.15) is 0 Å². The quantitative estimate of drug-likeness (QED) is 0.0974. The second kappa shape index (κ2) is 23.0. The first-order valence-electron chi connectivity index (χ1n) is 25.5. The van der Waals surface area contributed by atoms with Crippen molar-refractivity contribution in [2.45, 2.75) is 173 Å². The summed E-state index contributed by atoms with van der Waals surface area (Å²) in [5.41, 5.74) is 4.60. The average molecular weight is 949 g/mol. The van der Waals surface area contributed by atoms with Gasteiger partial charge in [-0.3, -0.25) is 28.8 Å². The van der Waals surface area contributed by atoms with Gasteiger partial charge in [-0.15, -0.1) is 5.10 Å². The molecule has 5 amide bonds. The van der Waals surface area contributed by atoms with Gasteiger partial charge in [-0.05, 0) is 119 Å². The molecule has 2 unspecified atom stereocenters. The third kappa shape index (κ3) is 12.7. The van der Waals surface area contributed by atoms with Crippen LogP contribution < -0.4 is 31.9 Å². The number of amides is 5. The van der Waals surface area contributed by atoms with Crippen molar-refractivity contribution in [1.29, 1.82) is 0 Å². The number of rotatable bonds is 19. The molecule has 69 heavy (non-hydrogen) atoms. The fourth-order valence-corrected chi connectivity index (χ4v) is 11.0. The third-order valence-corrected chi connectivity index (χ3v) is 15.4. The predicted molar refractivity (Wildman–Crippen MR) is 263 cm³/mol. The lowest BCUT2D eigenvalue weighted by Crippen LogP contribution is -2.59. The summed E-state index contributed by atoms with van der Waals surface area (Å²) in [7, 11) is 3.37. The number of likely N-dealkylation sites (tertiary alicyclic amines) is 1. The third-order valence-electron chi connectivity index (χ3n) is 15.4. The number of fused-ring (bicyclic) bond motifs is 2. The minimum absolute atomic E-state index is 0.0274. The number of aromatic nitrogens is 3. The van der Waals surface area contributed by atoms with Crippen molar-refractivity contribution in [1.82, 2.24) is 51.8 Å². The van der Waals surface area contributed by atoms with Crippen LogP contribution in [0.1, 0.15) is 151 Å². The van der Waals surface area contributed by atoms with Crippen molar-refractivity contribution in [3.8, 4) is 0 Å². The highest BCUT2D eigenvalue weighted by Crippen LogP contribution is 2.39. The molecule has 0 radical (unpaired) electrons. The van der Waals surface area contributed by atoms with Crippen LogP contribution in [0.4, 0.5) is 0 Å². The van der Waals surface area contributed by atoms with Gasteiger partial charge in [0.1, 0.15) is 12.1 Å². The van der Waals surface area contributed by atoms with Gasteiger partial charge in [0.05, 0.1) is 41.9 Å². The number of ketones is 1. The molecule has 3 aliphatic carbocycles. The Bertz CT molecular complexity index is 2310. The first-order chi connectivity index (χ1) is 33.0. The number of Topliss-reactive ketones (excluding diaryl/α,β-unsaturated/α-hetero) is 1. The summed E-state index contributed by atoms with van der Waals surface area (Å²) in [4.78, 5) is 85.0. The van der Waals surface area contributed by atoms with E-state index in [-0.39, 0.29) is 85.0 Å². The molecule has 4 aliphatic rings. The standard InChI is InChI=1S/C53H76N10O6/c1-32(54-6)49(66)58-44(46(64)26-25-34-17-12-20-37(34)27-47(65)56-42-23-13-18-35-15-8-10-21-40(35)42)28-38-30-63(61-60-38)39-29-45(51(68)57-43-24-14-19-36-16-9-11-22-41(36)43)62(31-39)52(69)48(53(3,4)5)59-50(67)33(2)55-7/h8-11,15-16,21-22,30,32-34,37,39,42-45,48,54-55H,12-14,17-20,23-29,31H2,1-7H3,(H,56,65)(H,57,68)(H,58,66)(H,59,67)/t32-,33-,34?,37-,39-,42+,43+,44?,45-,48+/m0/s1. The molecule has 2 aromatic carbocycles. The Kier molecular flexibility index (Phi) is 17.1. The Morgan fingerprint density at radius 2 is 1.35 bits per heavy atom. The minimum atomic E-state index is -0.927. The lowest BCUT2D eigenvalue weighted by Gasteiger charge is -2.36. The molecule has 6 N–H and O–H groups in total. The van der Waals surface area contributed by atoms with E-state index >= 15 is 0 Å². The molecule has 16 nitrogen and oxygen atoms in total. The largest absolute Gasteiger partial charge is 0.349 e. The Hall–Kier alpha value is -5.48. The summed E-state index contributed by atoms with van der Waals surface area (Å²) in [5.74, 6) is -0.927. The second-order valence-corrected chi connectivity index (χ2v) is 21.2. The molecule has 10 atom stereocenters. The minimum Gasteiger partial charge on any atom is -0.349 e. The molecule has 1 aliphatic heterocycles. The van der Waals surface area contributed by atoms with Gasteiger partial charge < -0.3 is 36.8 Å². The van der Waals surface area contributed by atoms with Crippen molar-refractivity contribution in [2.75, 3.05) is 20.6 Å². The van der Waals surface area contributed by atoms with Crippen LogP contribution in [0, 0.1) is 17.3 Å². The topological polar surface area (TPSA) is 209 Å². The number of carbonyl (C=O) groups is 6. The Morgan fingerprint density at radius 1 is 0.754 bits per heavy atom. The highest BCUT2D eigenvalue weighted by atomic mass is 16.2. The van der Waals surface area contributed by atoms with Crippen LogP contribution in [0.3, 0.4) is 0 Å². The Balaban J connectivity index is 1.04. The number of hydrogen-bond donors (Lipinski definition) is 6. The van der Waals surface area contributed by atoms with E-state index in [4.69, 9.17) is 0 Å². The summed E-state index contributed by atoms with van der Waals surface area (Å²) >= 11 is 0. The summed E-state index contributed by atoms with van der Waals surface area (Å²) < 4.78 is 1.66. The van der Waals surface area contributed by atoms with Gasteiger partial charge in [-0.1, -0.05) is 87.4 Å². The smallest absolute Gasteiger partial charge is 0.246 e. The molecule has 3 aromatic rings. The van der Waals surface area contributed by atoms with E-state index in [1.54, 1.807) is 43.7 Å². The van der Waals surface area contributed by atoms with E-state index in [0.29, 0.717) is 18.5 Å². The van der Waals surface area contributed by atoms with Crippen molar-refractivity contribution in [3.63, 3.8) is 0 Å². The lowest BCUT2D eigenvalue weighted by atomic mass is 9.85. The first-order valence-corrected chi connectivity index (χ1v) is 25.5.